The molecule has 0 radical (unpaired) electrons. The molecule has 2 aliphatic rings. The summed E-state index contributed by atoms with van der Waals surface area (Å²) in [5.41, 5.74) is 0.646. The van der Waals surface area contributed by atoms with Crippen LogP contribution < -0.4 is 25.9 Å². The molecule has 2 aliphatic heterocycles. The van der Waals surface area contributed by atoms with Crippen molar-refractivity contribution in [1.82, 2.24) is 9.13 Å². The fraction of sp³-hybridized carbons (Fsp3) is 0. The van der Waals surface area contributed by atoms with Gasteiger partial charge < -0.3 is 18.6 Å². The second-order valence-corrected chi connectivity index (χ2v) is 11.3. The maximum Gasteiger partial charge on any atom is 0.260 e. The Kier molecular flexibility index (Phi) is 2.83. The Balaban J connectivity index is 1.45. The number of para-hydroxylation sites is 6. The Morgan fingerprint density at radius 1 is 0.468 bits per heavy atom. The molecule has 0 fully saturated rings. The highest BCUT2D eigenvalue weighted by atomic mass is 16.5. The van der Waals surface area contributed by atoms with Crippen molar-refractivity contribution in [2.45, 2.75) is 0 Å². The summed E-state index contributed by atoms with van der Waals surface area (Å²) in [6.45, 7) is -0.713. The van der Waals surface area contributed by atoms with Crippen molar-refractivity contribution in [1.29, 1.82) is 0 Å². The lowest BCUT2D eigenvalue weighted by Gasteiger charge is -2.35. The molecule has 4 heterocycles. The number of rotatable bonds is 2. The summed E-state index contributed by atoms with van der Waals surface area (Å²) >= 11 is 0. The second-order valence-electron chi connectivity index (χ2n) is 11.3. The van der Waals surface area contributed by atoms with Crippen LogP contribution in [0.2, 0.25) is 0 Å². The zero-order chi connectivity index (χ0) is 44.6. The molecule has 4 nitrogen and oxygen atoms in total. The third kappa shape index (κ3) is 3.27. The Morgan fingerprint density at radius 3 is 1.23 bits per heavy atom. The zero-order valence-electron chi connectivity index (χ0n) is 40.0. The van der Waals surface area contributed by atoms with Crippen LogP contribution in [-0.2, 0) is 0 Å². The van der Waals surface area contributed by atoms with E-state index in [0.717, 1.165) is 0 Å². The van der Waals surface area contributed by atoms with Crippen LogP contribution in [0.5, 0.6) is 23.0 Å². The Hall–Kier alpha value is -6.20. The summed E-state index contributed by atoms with van der Waals surface area (Å²) in [5, 5.41) is -0.819. The average Bonchev–Trinajstić information content (AvgIpc) is 3.84. The quantitative estimate of drug-likeness (QED) is 0.182. The van der Waals surface area contributed by atoms with Crippen molar-refractivity contribution in [3.63, 3.8) is 0 Å². The topological polar surface area (TPSA) is 28.3 Å². The SMILES string of the molecule is [2H]c1c([2H])c([2H])c2c(c1[2H])c1c([2H])c([2H])c([2H])c([2H])c1n2-c1cc(-n2c3c([2H])c([2H])c([2H])c([2H])c3c3c([2H])c([2H])c([2H])c([2H])c32)c2c3c1Oc1ccccc1B3c1ccccc1O2. The molecule has 5 heteroatoms. The lowest BCUT2D eigenvalue weighted by Crippen LogP contribution is -2.57. The van der Waals surface area contributed by atoms with Crippen LogP contribution in [0.1, 0.15) is 21.9 Å². The van der Waals surface area contributed by atoms with Gasteiger partial charge in [0.05, 0.1) is 55.4 Å². The fourth-order valence-electron chi connectivity index (χ4n) is 7.09. The molecule has 0 saturated carbocycles. The van der Waals surface area contributed by atoms with E-state index < -0.39 is 103 Å². The predicted octanol–water partition coefficient (Wildman–Crippen LogP) is 8.61. The molecule has 0 N–H and O–H groups in total. The molecule has 0 saturated heterocycles. The van der Waals surface area contributed by atoms with Gasteiger partial charge in [-0.15, -0.1) is 0 Å². The normalized spacial score (nSPS) is 17.7. The van der Waals surface area contributed by atoms with Crippen LogP contribution in [0.15, 0.2) is 151 Å². The van der Waals surface area contributed by atoms with Gasteiger partial charge in [-0.2, -0.15) is 0 Å². The minimum absolute atomic E-state index is 0.0435. The molecule has 0 unspecified atom stereocenters. The van der Waals surface area contributed by atoms with Gasteiger partial charge in [-0.3, -0.25) is 0 Å². The summed E-state index contributed by atoms with van der Waals surface area (Å²) in [7, 11) is 0. The van der Waals surface area contributed by atoms with E-state index in [2.05, 4.69) is 0 Å². The van der Waals surface area contributed by atoms with Gasteiger partial charge in [0.15, 0.2) is 11.5 Å². The van der Waals surface area contributed by atoms with E-state index in [0.29, 0.717) is 27.9 Å². The van der Waals surface area contributed by atoms with Gasteiger partial charge in [0.2, 0.25) is 0 Å². The molecule has 0 amide bonds. The van der Waals surface area contributed by atoms with E-state index in [1.165, 1.54) is 15.2 Å². The fourth-order valence-corrected chi connectivity index (χ4v) is 7.09. The van der Waals surface area contributed by atoms with Crippen molar-refractivity contribution >= 4 is 66.7 Å². The van der Waals surface area contributed by atoms with E-state index in [1.54, 1.807) is 24.3 Å². The number of benzene rings is 7. The highest BCUT2D eigenvalue weighted by Crippen LogP contribution is 2.46. The third-order valence-corrected chi connectivity index (χ3v) is 8.95. The van der Waals surface area contributed by atoms with Gasteiger partial charge >= 0.3 is 0 Å². The van der Waals surface area contributed by atoms with E-state index >= 15 is 0 Å². The third-order valence-electron chi connectivity index (χ3n) is 8.95. The van der Waals surface area contributed by atoms with Crippen molar-refractivity contribution in [3.8, 4) is 34.4 Å². The Morgan fingerprint density at radius 2 is 0.830 bits per heavy atom. The molecule has 0 bridgehead atoms. The zero-order valence-corrected chi connectivity index (χ0v) is 24.0. The second kappa shape index (κ2) is 9.18. The van der Waals surface area contributed by atoms with Crippen LogP contribution in [0.25, 0.3) is 55.0 Å². The van der Waals surface area contributed by atoms with Gasteiger partial charge in [0.1, 0.15) is 11.5 Å². The van der Waals surface area contributed by atoms with E-state index in [1.807, 2.05) is 24.3 Å². The maximum absolute atomic E-state index is 9.31. The molecule has 2 aromatic heterocycles. The first-order chi connectivity index (χ1) is 30.0. The van der Waals surface area contributed by atoms with Crippen LogP contribution in [-0.4, -0.2) is 15.8 Å². The summed E-state index contributed by atoms with van der Waals surface area (Å²) < 4.78 is 159. The Bertz CT molecular complexity index is 3290. The monoisotopic (exact) mass is 616 g/mol. The molecule has 11 rings (SSSR count). The predicted molar refractivity (Wildman–Crippen MR) is 193 cm³/mol. The van der Waals surface area contributed by atoms with Gasteiger partial charge in [0.25, 0.3) is 6.71 Å². The molecule has 0 atom stereocenters. The summed E-state index contributed by atoms with van der Waals surface area (Å²) in [6, 6.07) is 5.93. The smallest absolute Gasteiger partial charge is 0.260 e. The summed E-state index contributed by atoms with van der Waals surface area (Å²) in [4.78, 5) is 0. The minimum atomic E-state index is -0.713. The van der Waals surface area contributed by atoms with E-state index in [9.17, 15) is 5.48 Å². The number of ether oxygens (including phenoxy) is 2. The maximum atomic E-state index is 9.31. The molecule has 7 aromatic carbocycles. The summed E-state index contributed by atoms with van der Waals surface area (Å²) in [5.74, 6) is 0.873. The summed E-state index contributed by atoms with van der Waals surface area (Å²) in [6.07, 6.45) is 0. The van der Waals surface area contributed by atoms with Gasteiger partial charge in [-0.25, -0.2) is 0 Å². The molecule has 47 heavy (non-hydrogen) atoms. The lowest BCUT2D eigenvalue weighted by atomic mass is 9.34. The number of aromatic nitrogens is 2. The van der Waals surface area contributed by atoms with E-state index in [-0.39, 0.29) is 66.5 Å². The van der Waals surface area contributed by atoms with Crippen molar-refractivity contribution in [2.75, 3.05) is 0 Å². The number of fused-ring (bicyclic) bond motifs is 10. The molecule has 0 aliphatic carbocycles. The molecule has 9 aromatic rings. The number of hydrogen-bond donors (Lipinski definition) is 0. The van der Waals surface area contributed by atoms with Crippen LogP contribution in [0, 0.1) is 0 Å². The highest BCUT2D eigenvalue weighted by molar-refractivity contribution is 6.98. The van der Waals surface area contributed by atoms with Gasteiger partial charge in [-0.1, -0.05) is 109 Å². The number of hydrogen-bond acceptors (Lipinski definition) is 2. The van der Waals surface area contributed by atoms with Crippen molar-refractivity contribution < 1.29 is 31.4 Å². The van der Waals surface area contributed by atoms with Crippen LogP contribution in [0.4, 0.5) is 0 Å². The standard InChI is InChI=1S/C42H25BN2O2/c1-7-19-32-26(13-1)27-14-2-8-20-33(27)44(32)36-25-37(45-34-21-9-3-15-28(34)29-16-4-10-22-35(29)45)42-40-41(36)46-38-23-11-5-17-30(38)43(40)31-18-6-12-24-39(31)47-42/h1-25H/i1D,2D,3D,4D,7D,8D,9D,10D,13D,14D,15D,16D,19D,20D,21D,22D. The molecule has 0 spiro atoms. The largest absolute Gasteiger partial charge is 0.456 e. The first-order valence-corrected chi connectivity index (χ1v) is 14.8. The highest BCUT2D eigenvalue weighted by Gasteiger charge is 2.43. The van der Waals surface area contributed by atoms with Crippen molar-refractivity contribution in [2.24, 2.45) is 0 Å². The van der Waals surface area contributed by atoms with Gasteiger partial charge in [-0.05, 0) is 53.3 Å². The minimum Gasteiger partial charge on any atom is -0.456 e. The first kappa shape index (κ1) is 14.5. The Labute approximate surface area is 293 Å². The average molecular weight is 617 g/mol. The van der Waals surface area contributed by atoms with Crippen LogP contribution >= 0.6 is 0 Å². The number of nitrogens with zero attached hydrogens (tertiary/aromatic N) is 2. The van der Waals surface area contributed by atoms with Gasteiger partial charge in [0, 0.05) is 27.0 Å². The van der Waals surface area contributed by atoms with Crippen molar-refractivity contribution in [3.05, 3.63) is 151 Å². The van der Waals surface area contributed by atoms with E-state index in [4.69, 9.17) is 25.9 Å². The molecular formula is C42H25BN2O2. The van der Waals surface area contributed by atoms with Crippen LogP contribution in [0.3, 0.4) is 0 Å². The first-order valence-electron chi connectivity index (χ1n) is 22.8. The molecule has 218 valence electrons. The molecular weight excluding hydrogens is 575 g/mol. The lowest BCUT2D eigenvalue weighted by molar-refractivity contribution is 0.462.